The van der Waals surface area contributed by atoms with Gasteiger partial charge in [0, 0.05) is 18.4 Å². The van der Waals surface area contributed by atoms with Gasteiger partial charge < -0.3 is 5.73 Å². The Hall–Kier alpha value is -0.860. The zero-order valence-corrected chi connectivity index (χ0v) is 6.92. The van der Waals surface area contributed by atoms with Crippen LogP contribution in [-0.4, -0.2) is 4.98 Å². The second-order valence-electron chi connectivity index (χ2n) is 2.05. The monoisotopic (exact) mass is 170 g/mol. The third-order valence-electron chi connectivity index (χ3n) is 1.32. The lowest BCUT2D eigenvalue weighted by molar-refractivity contribution is 0.904. The van der Waals surface area contributed by atoms with Crippen molar-refractivity contribution in [1.29, 1.82) is 0 Å². The van der Waals surface area contributed by atoms with E-state index in [-0.39, 0.29) is 18.4 Å². The molecule has 2 N–H and O–H groups in total. The van der Waals surface area contributed by atoms with Crippen LogP contribution in [0.25, 0.3) is 0 Å². The van der Waals surface area contributed by atoms with E-state index in [9.17, 15) is 0 Å². The van der Waals surface area contributed by atoms with Crippen molar-refractivity contribution >= 4 is 12.4 Å². The summed E-state index contributed by atoms with van der Waals surface area (Å²) in [7, 11) is 0. The highest BCUT2D eigenvalue weighted by molar-refractivity contribution is 5.85. The number of hydrogen-bond donors (Lipinski definition) is 1. The van der Waals surface area contributed by atoms with E-state index < -0.39 is 0 Å². The maximum Gasteiger partial charge on any atom is 0.0493 e. The standard InChI is InChI=1S/C8H10N2.ClH/c1-2-8(9)7-4-3-5-10-6-7;/h2-6,8H,1,9H2;1H/t8-;/m0./s1. The summed E-state index contributed by atoms with van der Waals surface area (Å²) in [6, 6.07) is 3.70. The summed E-state index contributed by atoms with van der Waals surface area (Å²) in [5.41, 5.74) is 6.63. The van der Waals surface area contributed by atoms with E-state index in [2.05, 4.69) is 11.6 Å². The van der Waals surface area contributed by atoms with Crippen LogP contribution in [0.15, 0.2) is 37.2 Å². The topological polar surface area (TPSA) is 38.9 Å². The molecular weight excluding hydrogens is 160 g/mol. The Kier molecular flexibility index (Phi) is 4.50. The fraction of sp³-hybridized carbons (Fsp3) is 0.125. The summed E-state index contributed by atoms with van der Waals surface area (Å²) in [5, 5.41) is 0. The van der Waals surface area contributed by atoms with E-state index in [1.165, 1.54) is 0 Å². The molecule has 0 radical (unpaired) electrons. The molecule has 0 bridgehead atoms. The van der Waals surface area contributed by atoms with E-state index >= 15 is 0 Å². The predicted molar refractivity (Wildman–Crippen MR) is 48.6 cm³/mol. The minimum Gasteiger partial charge on any atom is -0.321 e. The average Bonchev–Trinajstić information content (AvgIpc) is 2.05. The van der Waals surface area contributed by atoms with E-state index in [0.717, 1.165) is 5.56 Å². The number of nitrogens with zero attached hydrogens (tertiary/aromatic N) is 1. The summed E-state index contributed by atoms with van der Waals surface area (Å²) >= 11 is 0. The summed E-state index contributed by atoms with van der Waals surface area (Å²) < 4.78 is 0. The first-order valence-electron chi connectivity index (χ1n) is 3.12. The molecule has 60 valence electrons. The van der Waals surface area contributed by atoms with Crippen molar-refractivity contribution < 1.29 is 0 Å². The van der Waals surface area contributed by atoms with Crippen molar-refractivity contribution in [2.45, 2.75) is 6.04 Å². The molecule has 3 heteroatoms. The van der Waals surface area contributed by atoms with Gasteiger partial charge in [-0.1, -0.05) is 12.1 Å². The molecule has 0 aliphatic carbocycles. The van der Waals surface area contributed by atoms with Gasteiger partial charge in [0.1, 0.15) is 0 Å². The minimum atomic E-state index is -0.0892. The summed E-state index contributed by atoms with van der Waals surface area (Å²) in [6.45, 7) is 3.58. The van der Waals surface area contributed by atoms with E-state index in [1.54, 1.807) is 18.5 Å². The Morgan fingerprint density at radius 3 is 2.82 bits per heavy atom. The summed E-state index contributed by atoms with van der Waals surface area (Å²) in [5.74, 6) is 0. The third kappa shape index (κ3) is 2.70. The number of rotatable bonds is 2. The Morgan fingerprint density at radius 2 is 2.36 bits per heavy atom. The number of aromatic nitrogens is 1. The maximum absolute atomic E-state index is 5.64. The molecule has 0 amide bonds. The molecule has 11 heavy (non-hydrogen) atoms. The highest BCUT2D eigenvalue weighted by atomic mass is 35.5. The predicted octanol–water partition coefficient (Wildman–Crippen LogP) is 1.69. The molecule has 2 nitrogen and oxygen atoms in total. The molecule has 0 saturated carbocycles. The lowest BCUT2D eigenvalue weighted by atomic mass is 10.1. The summed E-state index contributed by atoms with van der Waals surface area (Å²) in [6.07, 6.45) is 5.16. The van der Waals surface area contributed by atoms with Crippen molar-refractivity contribution in [2.24, 2.45) is 5.73 Å². The Bertz CT molecular complexity index is 211. The second kappa shape index (κ2) is 4.88. The fourth-order valence-corrected chi connectivity index (χ4v) is 0.709. The molecule has 0 unspecified atom stereocenters. The molecule has 0 aromatic carbocycles. The Morgan fingerprint density at radius 1 is 1.64 bits per heavy atom. The van der Waals surface area contributed by atoms with Crippen molar-refractivity contribution in [3.8, 4) is 0 Å². The lowest BCUT2D eigenvalue weighted by Crippen LogP contribution is -2.05. The molecule has 1 rings (SSSR count). The average molecular weight is 171 g/mol. The van der Waals surface area contributed by atoms with Gasteiger partial charge in [0.05, 0.1) is 0 Å². The molecule has 1 atom stereocenters. The highest BCUT2D eigenvalue weighted by Crippen LogP contribution is 2.07. The second-order valence-corrected chi connectivity index (χ2v) is 2.05. The number of hydrogen-bond acceptors (Lipinski definition) is 2. The summed E-state index contributed by atoms with van der Waals surface area (Å²) in [4.78, 5) is 3.93. The van der Waals surface area contributed by atoms with Crippen LogP contribution >= 0.6 is 12.4 Å². The maximum atomic E-state index is 5.64. The van der Waals surface area contributed by atoms with Gasteiger partial charge in [0.15, 0.2) is 0 Å². The van der Waals surface area contributed by atoms with Gasteiger partial charge in [0.2, 0.25) is 0 Å². The Balaban J connectivity index is 0.000001000. The van der Waals surface area contributed by atoms with Crippen LogP contribution in [0, 0.1) is 0 Å². The van der Waals surface area contributed by atoms with Gasteiger partial charge in [0.25, 0.3) is 0 Å². The molecule has 0 saturated heterocycles. The fourth-order valence-electron chi connectivity index (χ4n) is 0.709. The van der Waals surface area contributed by atoms with Gasteiger partial charge in [-0.3, -0.25) is 4.98 Å². The molecule has 0 aliphatic heterocycles. The molecule has 1 aromatic rings. The first-order valence-corrected chi connectivity index (χ1v) is 3.12. The van der Waals surface area contributed by atoms with Gasteiger partial charge in [-0.15, -0.1) is 19.0 Å². The van der Waals surface area contributed by atoms with Crippen LogP contribution < -0.4 is 5.73 Å². The van der Waals surface area contributed by atoms with Crippen LogP contribution in [0.2, 0.25) is 0 Å². The third-order valence-corrected chi connectivity index (χ3v) is 1.32. The molecular formula is C8H11ClN2. The van der Waals surface area contributed by atoms with Gasteiger partial charge in [-0.25, -0.2) is 0 Å². The van der Waals surface area contributed by atoms with E-state index in [0.29, 0.717) is 0 Å². The van der Waals surface area contributed by atoms with Crippen molar-refractivity contribution in [3.63, 3.8) is 0 Å². The number of pyridine rings is 1. The highest BCUT2D eigenvalue weighted by Gasteiger charge is 1.97. The first kappa shape index (κ1) is 10.1. The number of nitrogens with two attached hydrogens (primary N) is 1. The zero-order valence-electron chi connectivity index (χ0n) is 6.10. The van der Waals surface area contributed by atoms with Crippen molar-refractivity contribution in [3.05, 3.63) is 42.7 Å². The van der Waals surface area contributed by atoms with Gasteiger partial charge in [-0.05, 0) is 11.6 Å². The number of halogens is 1. The zero-order chi connectivity index (χ0) is 7.40. The van der Waals surface area contributed by atoms with Crippen LogP contribution in [0.5, 0.6) is 0 Å². The van der Waals surface area contributed by atoms with E-state index in [1.807, 2.05) is 12.1 Å². The largest absolute Gasteiger partial charge is 0.321 e. The molecule has 0 fully saturated rings. The molecule has 1 aromatic heterocycles. The SMILES string of the molecule is C=C[C@H](N)c1cccnc1.Cl. The quantitative estimate of drug-likeness (QED) is 0.687. The smallest absolute Gasteiger partial charge is 0.0493 e. The van der Waals surface area contributed by atoms with Crippen LogP contribution in [0.4, 0.5) is 0 Å². The van der Waals surface area contributed by atoms with Crippen LogP contribution in [-0.2, 0) is 0 Å². The molecule has 0 spiro atoms. The van der Waals surface area contributed by atoms with Gasteiger partial charge in [-0.2, -0.15) is 0 Å². The Labute approximate surface area is 72.5 Å². The molecule has 1 heterocycles. The van der Waals surface area contributed by atoms with Crippen molar-refractivity contribution in [2.75, 3.05) is 0 Å². The van der Waals surface area contributed by atoms with Crippen molar-refractivity contribution in [1.82, 2.24) is 4.98 Å². The first-order chi connectivity index (χ1) is 4.84. The molecule has 0 aliphatic rings. The minimum absolute atomic E-state index is 0. The van der Waals surface area contributed by atoms with Crippen LogP contribution in [0.1, 0.15) is 11.6 Å². The van der Waals surface area contributed by atoms with E-state index in [4.69, 9.17) is 5.73 Å². The van der Waals surface area contributed by atoms with Gasteiger partial charge >= 0.3 is 0 Å². The normalized spacial score (nSPS) is 11.4. The van der Waals surface area contributed by atoms with Crippen LogP contribution in [0.3, 0.4) is 0 Å². The lowest BCUT2D eigenvalue weighted by Gasteiger charge is -2.03.